The van der Waals surface area contributed by atoms with Gasteiger partial charge in [-0.1, -0.05) is 18.2 Å². The summed E-state index contributed by atoms with van der Waals surface area (Å²) in [5, 5.41) is 12.5. The van der Waals surface area contributed by atoms with Crippen LogP contribution in [0.15, 0.2) is 30.3 Å². The summed E-state index contributed by atoms with van der Waals surface area (Å²) in [7, 11) is 0. The average Bonchev–Trinajstić information content (AvgIpc) is 2.92. The van der Waals surface area contributed by atoms with E-state index in [0.717, 1.165) is 36.2 Å². The molecule has 1 aliphatic carbocycles. The molecule has 4 nitrogen and oxygen atoms in total. The third-order valence-electron chi connectivity index (χ3n) is 3.67. The van der Waals surface area contributed by atoms with Gasteiger partial charge in [-0.25, -0.2) is 4.98 Å². The standard InChI is InChI=1S/C16H16N4/c17-9-13-8-11-5-3-7-15(11)20-16(13)19-10-12-4-1-2-6-14(12)18/h1-2,4,6,8H,3,5,7,10,18H2,(H,19,20). The van der Waals surface area contributed by atoms with Crippen LogP contribution in [-0.4, -0.2) is 4.98 Å². The number of para-hydroxylation sites is 1. The number of aromatic nitrogens is 1. The number of pyridine rings is 1. The highest BCUT2D eigenvalue weighted by Crippen LogP contribution is 2.25. The highest BCUT2D eigenvalue weighted by molar-refractivity contribution is 5.56. The van der Waals surface area contributed by atoms with Gasteiger partial charge >= 0.3 is 0 Å². The predicted molar refractivity (Wildman–Crippen MR) is 79.2 cm³/mol. The molecule has 4 heteroatoms. The number of anilines is 2. The lowest BCUT2D eigenvalue weighted by atomic mass is 10.1. The molecular weight excluding hydrogens is 248 g/mol. The largest absolute Gasteiger partial charge is 0.398 e. The summed E-state index contributed by atoms with van der Waals surface area (Å²) in [6.45, 7) is 0.577. The first kappa shape index (κ1) is 12.5. The minimum atomic E-state index is 0.577. The number of nitrogens with one attached hydrogen (secondary N) is 1. The summed E-state index contributed by atoms with van der Waals surface area (Å²) >= 11 is 0. The third-order valence-corrected chi connectivity index (χ3v) is 3.67. The van der Waals surface area contributed by atoms with Crippen LogP contribution in [0.5, 0.6) is 0 Å². The quantitative estimate of drug-likeness (QED) is 0.836. The molecule has 0 saturated carbocycles. The predicted octanol–water partition coefficient (Wildman–Crippen LogP) is 2.64. The molecule has 0 bridgehead atoms. The van der Waals surface area contributed by atoms with E-state index in [1.54, 1.807) is 0 Å². The second-order valence-electron chi connectivity index (χ2n) is 5.01. The molecule has 0 atom stereocenters. The van der Waals surface area contributed by atoms with E-state index in [1.807, 2.05) is 30.3 Å². The van der Waals surface area contributed by atoms with Crippen molar-refractivity contribution in [3.05, 3.63) is 52.7 Å². The summed E-state index contributed by atoms with van der Waals surface area (Å²) < 4.78 is 0. The molecule has 0 radical (unpaired) electrons. The van der Waals surface area contributed by atoms with Gasteiger partial charge < -0.3 is 11.1 Å². The molecule has 1 aromatic carbocycles. The lowest BCUT2D eigenvalue weighted by Crippen LogP contribution is -2.07. The van der Waals surface area contributed by atoms with Crippen molar-refractivity contribution < 1.29 is 0 Å². The Kier molecular flexibility index (Phi) is 3.26. The fourth-order valence-corrected chi connectivity index (χ4v) is 2.57. The summed E-state index contributed by atoms with van der Waals surface area (Å²) in [4.78, 5) is 4.59. The zero-order valence-electron chi connectivity index (χ0n) is 11.2. The molecule has 0 unspecified atom stereocenters. The SMILES string of the molecule is N#Cc1cc2c(nc1NCc1ccccc1N)CCC2. The second kappa shape index (κ2) is 5.22. The summed E-state index contributed by atoms with van der Waals surface area (Å²) in [6, 6.07) is 11.9. The van der Waals surface area contributed by atoms with Crippen LogP contribution in [0.25, 0.3) is 0 Å². The van der Waals surface area contributed by atoms with Gasteiger partial charge in [-0.05, 0) is 42.5 Å². The van der Waals surface area contributed by atoms with Crippen LogP contribution in [0.1, 0.15) is 28.8 Å². The first-order valence-corrected chi connectivity index (χ1v) is 6.78. The van der Waals surface area contributed by atoms with Crippen molar-refractivity contribution in [1.82, 2.24) is 4.98 Å². The molecule has 3 rings (SSSR count). The lowest BCUT2D eigenvalue weighted by molar-refractivity contribution is 0.899. The van der Waals surface area contributed by atoms with Gasteiger partial charge in [0.1, 0.15) is 11.9 Å². The van der Waals surface area contributed by atoms with Crippen LogP contribution in [0, 0.1) is 11.3 Å². The fourth-order valence-electron chi connectivity index (χ4n) is 2.57. The van der Waals surface area contributed by atoms with Crippen LogP contribution in [-0.2, 0) is 19.4 Å². The first-order chi connectivity index (χ1) is 9.78. The number of nitrogens with zero attached hydrogens (tertiary/aromatic N) is 2. The van der Waals surface area contributed by atoms with E-state index in [-0.39, 0.29) is 0 Å². The van der Waals surface area contributed by atoms with Crippen LogP contribution >= 0.6 is 0 Å². The Morgan fingerprint density at radius 2 is 2.15 bits per heavy atom. The van der Waals surface area contributed by atoms with Crippen LogP contribution < -0.4 is 11.1 Å². The van der Waals surface area contributed by atoms with Crippen molar-refractivity contribution in [2.75, 3.05) is 11.1 Å². The van der Waals surface area contributed by atoms with Crippen LogP contribution in [0.2, 0.25) is 0 Å². The zero-order valence-corrected chi connectivity index (χ0v) is 11.2. The average molecular weight is 264 g/mol. The molecular formula is C16H16N4. The molecule has 20 heavy (non-hydrogen) atoms. The number of hydrogen-bond acceptors (Lipinski definition) is 4. The number of hydrogen-bond donors (Lipinski definition) is 2. The molecule has 0 saturated heterocycles. The van der Waals surface area contributed by atoms with Gasteiger partial charge in [0.15, 0.2) is 0 Å². The lowest BCUT2D eigenvalue weighted by Gasteiger charge is -2.11. The fraction of sp³-hybridized carbons (Fsp3) is 0.250. The Bertz CT molecular complexity index is 685. The molecule has 0 spiro atoms. The second-order valence-corrected chi connectivity index (χ2v) is 5.01. The molecule has 1 aliphatic rings. The van der Waals surface area contributed by atoms with E-state index in [1.165, 1.54) is 5.56 Å². The monoisotopic (exact) mass is 264 g/mol. The van der Waals surface area contributed by atoms with E-state index >= 15 is 0 Å². The van der Waals surface area contributed by atoms with Crippen molar-refractivity contribution in [3.63, 3.8) is 0 Å². The number of rotatable bonds is 3. The van der Waals surface area contributed by atoms with Crippen molar-refractivity contribution >= 4 is 11.5 Å². The molecule has 100 valence electrons. The maximum absolute atomic E-state index is 9.25. The van der Waals surface area contributed by atoms with Crippen LogP contribution in [0.4, 0.5) is 11.5 Å². The maximum atomic E-state index is 9.25. The highest BCUT2D eigenvalue weighted by atomic mass is 15.0. The van der Waals surface area contributed by atoms with Gasteiger partial charge in [-0.15, -0.1) is 0 Å². The molecule has 3 N–H and O–H groups in total. The van der Waals surface area contributed by atoms with Crippen molar-refractivity contribution in [3.8, 4) is 6.07 Å². The van der Waals surface area contributed by atoms with Crippen LogP contribution in [0.3, 0.4) is 0 Å². The molecule has 0 fully saturated rings. The van der Waals surface area contributed by atoms with Gasteiger partial charge in [0, 0.05) is 17.9 Å². The highest BCUT2D eigenvalue weighted by Gasteiger charge is 2.16. The van der Waals surface area contributed by atoms with Gasteiger partial charge in [0.2, 0.25) is 0 Å². The smallest absolute Gasteiger partial charge is 0.144 e. The molecule has 0 amide bonds. The number of fused-ring (bicyclic) bond motifs is 1. The maximum Gasteiger partial charge on any atom is 0.144 e. The van der Waals surface area contributed by atoms with E-state index in [0.29, 0.717) is 17.9 Å². The van der Waals surface area contributed by atoms with Crippen molar-refractivity contribution in [2.45, 2.75) is 25.8 Å². The Morgan fingerprint density at radius 3 is 2.95 bits per heavy atom. The van der Waals surface area contributed by atoms with Gasteiger partial charge in [0.25, 0.3) is 0 Å². The Balaban J connectivity index is 1.84. The van der Waals surface area contributed by atoms with Gasteiger partial charge in [0.05, 0.1) is 5.56 Å². The first-order valence-electron chi connectivity index (χ1n) is 6.78. The Morgan fingerprint density at radius 1 is 1.30 bits per heavy atom. The van der Waals surface area contributed by atoms with E-state index in [4.69, 9.17) is 5.73 Å². The van der Waals surface area contributed by atoms with Gasteiger partial charge in [-0.2, -0.15) is 5.26 Å². The summed E-state index contributed by atoms with van der Waals surface area (Å²) in [5.74, 6) is 0.663. The van der Waals surface area contributed by atoms with E-state index in [9.17, 15) is 5.26 Å². The summed E-state index contributed by atoms with van der Waals surface area (Å²) in [5.41, 5.74) is 10.6. The topological polar surface area (TPSA) is 74.7 Å². The molecule has 0 aliphatic heterocycles. The summed E-state index contributed by atoms with van der Waals surface area (Å²) in [6.07, 6.45) is 3.16. The van der Waals surface area contributed by atoms with E-state index < -0.39 is 0 Å². The van der Waals surface area contributed by atoms with Crippen molar-refractivity contribution in [1.29, 1.82) is 5.26 Å². The van der Waals surface area contributed by atoms with E-state index in [2.05, 4.69) is 16.4 Å². The van der Waals surface area contributed by atoms with Crippen molar-refractivity contribution in [2.24, 2.45) is 0 Å². The minimum Gasteiger partial charge on any atom is -0.398 e. The van der Waals surface area contributed by atoms with Gasteiger partial charge in [-0.3, -0.25) is 0 Å². The molecule has 2 aromatic rings. The Hall–Kier alpha value is -2.54. The minimum absolute atomic E-state index is 0.577. The number of benzene rings is 1. The zero-order chi connectivity index (χ0) is 13.9. The number of nitrogens with two attached hydrogens (primary N) is 1. The normalized spacial score (nSPS) is 12.8. The third kappa shape index (κ3) is 2.30. The number of aryl methyl sites for hydroxylation is 2. The number of nitrogen functional groups attached to an aromatic ring is 1. The Labute approximate surface area is 118 Å². The molecule has 1 heterocycles. The number of nitriles is 1. The molecule has 1 aromatic heterocycles.